The van der Waals surface area contributed by atoms with Gasteiger partial charge >= 0.3 is 11.9 Å². The first-order valence-corrected chi connectivity index (χ1v) is 14.0. The minimum absolute atomic E-state index is 0.00115. The summed E-state index contributed by atoms with van der Waals surface area (Å²) in [4.78, 5) is 48.3. The van der Waals surface area contributed by atoms with Gasteiger partial charge in [-0.2, -0.15) is 0 Å². The third kappa shape index (κ3) is 6.78. The summed E-state index contributed by atoms with van der Waals surface area (Å²) in [5.41, 5.74) is 3.98. The van der Waals surface area contributed by atoms with Gasteiger partial charge < -0.3 is 19.5 Å². The molecule has 0 radical (unpaired) electrons. The fourth-order valence-corrected chi connectivity index (χ4v) is 6.07. The number of nitrogens with one attached hydrogen (secondary N) is 1. The second-order valence-electron chi connectivity index (χ2n) is 11.1. The number of Topliss-reactive ketones (excluding diaryl/α,β-unsaturated/α-hetero) is 1. The average Bonchev–Trinajstić information content (AvgIpc) is 2.91. The lowest BCUT2D eigenvalue weighted by atomic mass is 9.76. The van der Waals surface area contributed by atoms with Gasteiger partial charge in [-0.25, -0.2) is 0 Å². The van der Waals surface area contributed by atoms with Gasteiger partial charge in [-0.05, 0) is 35.4 Å². The highest BCUT2D eigenvalue weighted by Gasteiger charge is 2.44. The number of carbonyl (C=O) groups is 4. The summed E-state index contributed by atoms with van der Waals surface area (Å²) in [6.07, 6.45) is 0.116. The summed E-state index contributed by atoms with van der Waals surface area (Å²) in [6, 6.07) is 15.9. The average molecular weight is 550 g/mol. The lowest BCUT2D eigenvalue weighted by molar-refractivity contribution is -0.202. The number of benzene rings is 2. The fourth-order valence-electron chi connectivity index (χ4n) is 6.07. The van der Waals surface area contributed by atoms with Gasteiger partial charge in [-0.3, -0.25) is 19.2 Å². The molecule has 1 aliphatic carbocycles. The Morgan fingerprint density at radius 1 is 0.850 bits per heavy atom. The van der Waals surface area contributed by atoms with Crippen LogP contribution in [0.3, 0.4) is 0 Å². The first-order valence-electron chi connectivity index (χ1n) is 14.0. The molecule has 2 aromatic carbocycles. The molecule has 7 atom stereocenters. The van der Waals surface area contributed by atoms with Crippen LogP contribution in [0, 0.1) is 11.8 Å². The molecule has 8 nitrogen and oxygen atoms in total. The third-order valence-electron chi connectivity index (χ3n) is 8.29. The zero-order valence-electron chi connectivity index (χ0n) is 23.8. The molecule has 2 aromatic rings. The van der Waals surface area contributed by atoms with Crippen molar-refractivity contribution in [1.82, 2.24) is 5.32 Å². The monoisotopic (exact) mass is 549 g/mol. The van der Waals surface area contributed by atoms with Crippen LogP contribution >= 0.6 is 0 Å². The van der Waals surface area contributed by atoms with Gasteiger partial charge in [0, 0.05) is 44.6 Å². The van der Waals surface area contributed by atoms with Gasteiger partial charge in [0.2, 0.25) is 5.91 Å². The van der Waals surface area contributed by atoms with Crippen molar-refractivity contribution in [2.75, 3.05) is 6.61 Å². The van der Waals surface area contributed by atoms with Crippen LogP contribution < -0.4 is 5.32 Å². The van der Waals surface area contributed by atoms with E-state index in [0.29, 0.717) is 5.56 Å². The fraction of sp³-hybridized carbons (Fsp3) is 0.500. The van der Waals surface area contributed by atoms with E-state index in [0.717, 1.165) is 24.0 Å². The normalized spacial score (nSPS) is 27.7. The minimum Gasteiger partial charge on any atom is -0.463 e. The van der Waals surface area contributed by atoms with Crippen molar-refractivity contribution < 1.29 is 33.4 Å². The summed E-state index contributed by atoms with van der Waals surface area (Å²) in [5.74, 6) is -0.948. The molecule has 2 aliphatic rings. The van der Waals surface area contributed by atoms with Crippen LogP contribution in [-0.4, -0.2) is 48.5 Å². The Balaban J connectivity index is 1.50. The number of amides is 1. The standard InChI is InChI=1S/C32H39NO7/c1-18-19(2)32(39-22(5)36)30(40-31(18)17-38-21(4)35)16-29(37)24-12-10-23(11-13-24)25-14-15-28(33-20(3)34)27-9-7-6-8-26(25)27/h6-13,18-19,25,28,30-32H,14-17H2,1-5H3,(H,33,34)/t18-,19-,25?,28+,30-,31?,32?/m0/s1. The van der Waals surface area contributed by atoms with Gasteiger partial charge in [0.15, 0.2) is 5.78 Å². The van der Waals surface area contributed by atoms with Gasteiger partial charge in [-0.1, -0.05) is 62.4 Å². The molecule has 1 aliphatic heterocycles. The van der Waals surface area contributed by atoms with Gasteiger partial charge in [0.1, 0.15) is 18.8 Å². The molecule has 0 saturated carbocycles. The van der Waals surface area contributed by atoms with Crippen LogP contribution in [0.2, 0.25) is 0 Å². The van der Waals surface area contributed by atoms with Crippen LogP contribution in [0.5, 0.6) is 0 Å². The Bertz CT molecular complexity index is 1240. The predicted octanol–water partition coefficient (Wildman–Crippen LogP) is 4.90. The van der Waals surface area contributed by atoms with Crippen LogP contribution in [-0.2, 0) is 28.6 Å². The largest absolute Gasteiger partial charge is 0.463 e. The Morgan fingerprint density at radius 3 is 2.15 bits per heavy atom. The molecule has 1 amide bonds. The maximum atomic E-state index is 13.4. The second-order valence-corrected chi connectivity index (χ2v) is 11.1. The maximum absolute atomic E-state index is 13.4. The molecule has 1 heterocycles. The number of ketones is 1. The minimum atomic E-state index is -0.654. The number of fused-ring (bicyclic) bond motifs is 1. The van der Waals surface area contributed by atoms with Crippen molar-refractivity contribution in [1.29, 1.82) is 0 Å². The van der Waals surface area contributed by atoms with Crippen LogP contribution in [0.15, 0.2) is 48.5 Å². The molecule has 1 N–H and O–H groups in total. The zero-order chi connectivity index (χ0) is 29.0. The van der Waals surface area contributed by atoms with E-state index in [1.165, 1.54) is 19.4 Å². The van der Waals surface area contributed by atoms with Gasteiger partial charge in [-0.15, -0.1) is 0 Å². The Hall–Kier alpha value is -3.52. The number of ether oxygens (including phenoxy) is 3. The van der Waals surface area contributed by atoms with Crippen LogP contribution in [0.1, 0.15) is 92.9 Å². The molecular formula is C32H39NO7. The number of hydrogen-bond acceptors (Lipinski definition) is 7. The van der Waals surface area contributed by atoms with Gasteiger partial charge in [0.25, 0.3) is 0 Å². The van der Waals surface area contributed by atoms with Crippen LogP contribution in [0.25, 0.3) is 0 Å². The van der Waals surface area contributed by atoms with E-state index in [9.17, 15) is 19.2 Å². The van der Waals surface area contributed by atoms with Crippen molar-refractivity contribution in [3.8, 4) is 0 Å². The van der Waals surface area contributed by atoms with E-state index in [4.69, 9.17) is 14.2 Å². The summed E-state index contributed by atoms with van der Waals surface area (Å²) in [7, 11) is 0. The molecule has 4 rings (SSSR count). The SMILES string of the molecule is CC(=O)N[C@@H]1CCC(c2ccc(C(=O)C[C@@H]3OC(COC(C)=O)[C@@H](C)[C@H](C)C3OC(C)=O)cc2)c2ccccc21. The highest BCUT2D eigenvalue weighted by atomic mass is 16.6. The van der Waals surface area contributed by atoms with Crippen molar-refractivity contribution in [2.45, 2.75) is 84.2 Å². The Morgan fingerprint density at radius 2 is 1.52 bits per heavy atom. The van der Waals surface area contributed by atoms with Crippen molar-refractivity contribution >= 4 is 23.6 Å². The summed E-state index contributed by atoms with van der Waals surface area (Å²) in [5, 5.41) is 3.06. The Labute approximate surface area is 235 Å². The van der Waals surface area contributed by atoms with Crippen molar-refractivity contribution in [3.63, 3.8) is 0 Å². The number of rotatable bonds is 8. The summed E-state index contributed by atoms with van der Waals surface area (Å²) >= 11 is 0. The molecule has 0 spiro atoms. The highest BCUT2D eigenvalue weighted by molar-refractivity contribution is 5.96. The zero-order valence-corrected chi connectivity index (χ0v) is 23.8. The molecule has 0 bridgehead atoms. The topological polar surface area (TPSA) is 108 Å². The van der Waals surface area contributed by atoms with E-state index in [2.05, 4.69) is 17.4 Å². The van der Waals surface area contributed by atoms with Crippen molar-refractivity contribution in [2.24, 2.45) is 11.8 Å². The maximum Gasteiger partial charge on any atom is 0.303 e. The van der Waals surface area contributed by atoms with Gasteiger partial charge in [0.05, 0.1) is 12.1 Å². The second kappa shape index (κ2) is 12.8. The lowest BCUT2D eigenvalue weighted by Gasteiger charge is -2.43. The van der Waals surface area contributed by atoms with Crippen molar-refractivity contribution in [3.05, 3.63) is 70.8 Å². The number of hydrogen-bond donors (Lipinski definition) is 1. The predicted molar refractivity (Wildman–Crippen MR) is 149 cm³/mol. The smallest absolute Gasteiger partial charge is 0.303 e. The summed E-state index contributed by atoms with van der Waals surface area (Å²) < 4.78 is 17.0. The molecular weight excluding hydrogens is 510 g/mol. The third-order valence-corrected chi connectivity index (χ3v) is 8.29. The molecule has 214 valence electrons. The molecule has 3 unspecified atom stereocenters. The first kappa shape index (κ1) is 29.5. The summed E-state index contributed by atoms with van der Waals surface area (Å²) in [6.45, 7) is 8.25. The highest BCUT2D eigenvalue weighted by Crippen LogP contribution is 2.41. The molecule has 0 aromatic heterocycles. The van der Waals surface area contributed by atoms with E-state index in [-0.39, 0.29) is 48.5 Å². The molecule has 1 saturated heterocycles. The van der Waals surface area contributed by atoms with E-state index >= 15 is 0 Å². The Kier molecular flexibility index (Phi) is 9.40. The van der Waals surface area contributed by atoms with E-state index < -0.39 is 30.3 Å². The number of carbonyl (C=O) groups excluding carboxylic acids is 4. The van der Waals surface area contributed by atoms with E-state index in [1.807, 2.05) is 50.2 Å². The number of esters is 2. The van der Waals surface area contributed by atoms with Crippen LogP contribution in [0.4, 0.5) is 0 Å². The van der Waals surface area contributed by atoms with E-state index in [1.54, 1.807) is 6.92 Å². The first-order chi connectivity index (χ1) is 19.0. The lowest BCUT2D eigenvalue weighted by Crippen LogP contribution is -2.53. The molecule has 40 heavy (non-hydrogen) atoms. The molecule has 8 heteroatoms. The quantitative estimate of drug-likeness (QED) is 0.369. The molecule has 1 fully saturated rings.